The minimum atomic E-state index is -3.14. The monoisotopic (exact) mass is 588 g/mol. The first kappa shape index (κ1) is 32.4. The maximum atomic E-state index is 13.2. The van der Waals surface area contributed by atoms with E-state index in [-0.39, 0.29) is 17.8 Å². The third kappa shape index (κ3) is 9.44. The van der Waals surface area contributed by atoms with Crippen molar-refractivity contribution in [2.45, 2.75) is 103 Å². The van der Waals surface area contributed by atoms with Gasteiger partial charge in [-0.05, 0) is 49.9 Å². The maximum Gasteiger partial charge on any atom is 0.302 e. The number of anilines is 1. The second kappa shape index (κ2) is 15.2. The predicted molar refractivity (Wildman–Crippen MR) is 155 cm³/mol. The minimum absolute atomic E-state index is 0.0273. The molecule has 1 aromatic heterocycles. The van der Waals surface area contributed by atoms with E-state index in [2.05, 4.69) is 27.2 Å². The molecule has 1 aromatic carbocycles. The molecule has 0 atom stereocenters. The van der Waals surface area contributed by atoms with Crippen molar-refractivity contribution in [2.75, 3.05) is 11.6 Å². The molecule has 4 rings (SSSR count). The number of carbonyl (C=O) groups is 2. The lowest BCUT2D eigenvalue weighted by Gasteiger charge is -2.33. The standard InChI is InChI=1S/C26H33ClN6O.C4H6F2O/c1-2-32(21-8-4-3-5-9-21)18-19-12-14-20(15-13-19)26(34)31-33(22-10-6-7-11-22)25-23(27)17-29-24(16-28)30-25;1-3(7)4(2,5)6/h12-15,17,21-22H,2-11,18H2,1H3,(H,31,34);1-2H3. The first-order chi connectivity index (χ1) is 19.5. The number of Topliss-reactive ketones (excluding diaryl/α,β-unsaturated/α-hetero) is 1. The van der Waals surface area contributed by atoms with Crippen LogP contribution in [0.1, 0.15) is 100 Å². The lowest BCUT2D eigenvalue weighted by atomic mass is 9.94. The van der Waals surface area contributed by atoms with Crippen LogP contribution in [0.5, 0.6) is 0 Å². The number of amides is 1. The number of hydrogen-bond acceptors (Lipinski definition) is 7. The highest BCUT2D eigenvalue weighted by Crippen LogP contribution is 2.30. The molecule has 2 aliphatic carbocycles. The molecule has 0 bridgehead atoms. The molecule has 1 N–H and O–H groups in total. The second-order valence-corrected chi connectivity index (χ2v) is 11.1. The van der Waals surface area contributed by atoms with Gasteiger partial charge >= 0.3 is 5.92 Å². The van der Waals surface area contributed by atoms with Gasteiger partial charge in [-0.2, -0.15) is 19.0 Å². The Balaban J connectivity index is 0.000000587. The Bertz CT molecular complexity index is 1200. The smallest absolute Gasteiger partial charge is 0.296 e. The molecule has 2 aliphatic rings. The Kier molecular flexibility index (Phi) is 12.0. The van der Waals surface area contributed by atoms with Gasteiger partial charge in [0.1, 0.15) is 11.1 Å². The Morgan fingerprint density at radius 3 is 2.17 bits per heavy atom. The van der Waals surface area contributed by atoms with Crippen LogP contribution in [-0.4, -0.2) is 51.1 Å². The molecule has 0 spiro atoms. The molecule has 222 valence electrons. The van der Waals surface area contributed by atoms with E-state index in [1.54, 1.807) is 5.01 Å². The Labute approximate surface area is 246 Å². The number of carbonyl (C=O) groups excluding carboxylic acids is 2. The van der Waals surface area contributed by atoms with Gasteiger partial charge in [0.05, 0.1) is 12.2 Å². The highest BCUT2D eigenvalue weighted by atomic mass is 35.5. The van der Waals surface area contributed by atoms with Gasteiger partial charge in [-0.3, -0.25) is 24.9 Å². The van der Waals surface area contributed by atoms with Gasteiger partial charge in [0, 0.05) is 32.0 Å². The van der Waals surface area contributed by atoms with Crippen molar-refractivity contribution in [3.8, 4) is 6.07 Å². The van der Waals surface area contributed by atoms with Crippen LogP contribution in [0.2, 0.25) is 5.02 Å². The molecule has 0 saturated heterocycles. The van der Waals surface area contributed by atoms with E-state index in [4.69, 9.17) is 11.6 Å². The van der Waals surface area contributed by atoms with Crippen molar-refractivity contribution in [3.63, 3.8) is 0 Å². The summed E-state index contributed by atoms with van der Waals surface area (Å²) < 4.78 is 23.0. The Morgan fingerprint density at radius 1 is 1.07 bits per heavy atom. The fourth-order valence-electron chi connectivity index (χ4n) is 5.18. The fraction of sp³-hybridized carbons (Fsp3) is 0.567. The van der Waals surface area contributed by atoms with Crippen molar-refractivity contribution in [1.29, 1.82) is 5.26 Å². The zero-order chi connectivity index (χ0) is 30.0. The third-order valence-electron chi connectivity index (χ3n) is 7.68. The first-order valence-electron chi connectivity index (χ1n) is 14.3. The molecule has 8 nitrogen and oxygen atoms in total. The Morgan fingerprint density at radius 2 is 1.63 bits per heavy atom. The molecule has 41 heavy (non-hydrogen) atoms. The molecule has 11 heteroatoms. The molecule has 1 amide bonds. The van der Waals surface area contributed by atoms with Crippen molar-refractivity contribution in [1.82, 2.24) is 20.3 Å². The van der Waals surface area contributed by atoms with E-state index >= 15 is 0 Å². The van der Waals surface area contributed by atoms with E-state index < -0.39 is 11.7 Å². The number of benzene rings is 1. The molecule has 1 heterocycles. The van der Waals surface area contributed by atoms with E-state index in [1.165, 1.54) is 43.9 Å². The lowest BCUT2D eigenvalue weighted by molar-refractivity contribution is -0.138. The van der Waals surface area contributed by atoms with Gasteiger partial charge in [0.2, 0.25) is 5.82 Å². The lowest BCUT2D eigenvalue weighted by Crippen LogP contribution is -2.48. The van der Waals surface area contributed by atoms with Crippen LogP contribution in [0.15, 0.2) is 30.5 Å². The van der Waals surface area contributed by atoms with Crippen LogP contribution in [-0.2, 0) is 11.3 Å². The van der Waals surface area contributed by atoms with Gasteiger partial charge in [0.15, 0.2) is 11.6 Å². The summed E-state index contributed by atoms with van der Waals surface area (Å²) in [5.74, 6) is -4.05. The number of nitrogens with zero attached hydrogens (tertiary/aromatic N) is 5. The summed E-state index contributed by atoms with van der Waals surface area (Å²) in [5.41, 5.74) is 4.81. The van der Waals surface area contributed by atoms with E-state index in [0.29, 0.717) is 29.4 Å². The predicted octanol–water partition coefficient (Wildman–Crippen LogP) is 6.48. The molecule has 2 saturated carbocycles. The molecule has 0 unspecified atom stereocenters. The molecule has 2 fully saturated rings. The second-order valence-electron chi connectivity index (χ2n) is 10.7. The van der Waals surface area contributed by atoms with Crippen LogP contribution < -0.4 is 10.4 Å². The van der Waals surface area contributed by atoms with Gasteiger partial charge < -0.3 is 0 Å². The average molecular weight is 589 g/mol. The number of nitrogens with one attached hydrogen (secondary N) is 1. The number of aromatic nitrogens is 2. The molecule has 2 aromatic rings. The third-order valence-corrected chi connectivity index (χ3v) is 7.95. The summed E-state index contributed by atoms with van der Waals surface area (Å²) in [5, 5.41) is 11.3. The summed E-state index contributed by atoms with van der Waals surface area (Å²) >= 11 is 6.37. The van der Waals surface area contributed by atoms with Crippen LogP contribution in [0.3, 0.4) is 0 Å². The summed E-state index contributed by atoms with van der Waals surface area (Å²) in [6, 6.07) is 10.6. The van der Waals surface area contributed by atoms with Gasteiger partial charge in [0.25, 0.3) is 5.91 Å². The summed E-state index contributed by atoms with van der Waals surface area (Å²) in [7, 11) is 0. The molecule has 0 aliphatic heterocycles. The molecule has 0 radical (unpaired) electrons. The largest absolute Gasteiger partial charge is 0.302 e. The average Bonchev–Trinajstić information content (AvgIpc) is 3.50. The van der Waals surface area contributed by atoms with Gasteiger partial charge in [-0.1, -0.05) is 62.8 Å². The molecular formula is C30H39ClF2N6O2. The fourth-order valence-corrected chi connectivity index (χ4v) is 5.36. The summed E-state index contributed by atoms with van der Waals surface area (Å²) in [4.78, 5) is 33.7. The van der Waals surface area contributed by atoms with Crippen molar-refractivity contribution in [3.05, 3.63) is 52.4 Å². The van der Waals surface area contributed by atoms with Crippen molar-refractivity contribution >= 4 is 29.1 Å². The zero-order valence-electron chi connectivity index (χ0n) is 24.0. The van der Waals surface area contributed by atoms with Crippen LogP contribution in [0, 0.1) is 11.3 Å². The van der Waals surface area contributed by atoms with Crippen LogP contribution in [0.25, 0.3) is 0 Å². The number of nitriles is 1. The SMILES string of the molecule is CC(=O)C(C)(F)F.CCN(Cc1ccc(C(=O)NN(c2nc(C#N)ncc2Cl)C2CCCC2)cc1)C1CCCCC1. The quantitative estimate of drug-likeness (QED) is 0.334. The number of halogens is 3. The number of alkyl halides is 2. The van der Waals surface area contributed by atoms with Crippen molar-refractivity contribution in [2.24, 2.45) is 0 Å². The Hall–Kier alpha value is -3.16. The number of ketones is 1. The maximum absolute atomic E-state index is 13.2. The minimum Gasteiger partial charge on any atom is -0.296 e. The van der Waals surface area contributed by atoms with E-state index in [9.17, 15) is 23.6 Å². The van der Waals surface area contributed by atoms with E-state index in [0.717, 1.165) is 45.7 Å². The molecular weight excluding hydrogens is 550 g/mol. The number of hydrazine groups is 1. The first-order valence-corrected chi connectivity index (χ1v) is 14.7. The highest BCUT2D eigenvalue weighted by molar-refractivity contribution is 6.32. The number of hydrogen-bond donors (Lipinski definition) is 1. The van der Waals surface area contributed by atoms with Crippen LogP contribution >= 0.6 is 11.6 Å². The van der Waals surface area contributed by atoms with Gasteiger partial charge in [-0.15, -0.1) is 0 Å². The zero-order valence-corrected chi connectivity index (χ0v) is 24.8. The summed E-state index contributed by atoms with van der Waals surface area (Å²) in [6.45, 7) is 5.61. The topological polar surface area (TPSA) is 102 Å². The summed E-state index contributed by atoms with van der Waals surface area (Å²) in [6.07, 6.45) is 12.0. The number of rotatable bonds is 9. The van der Waals surface area contributed by atoms with Crippen molar-refractivity contribution < 1.29 is 18.4 Å². The highest BCUT2D eigenvalue weighted by Gasteiger charge is 2.29. The van der Waals surface area contributed by atoms with Crippen LogP contribution in [0.4, 0.5) is 14.6 Å². The van der Waals surface area contributed by atoms with Gasteiger partial charge in [-0.25, -0.2) is 4.98 Å². The normalized spacial score (nSPS) is 16.0. The van der Waals surface area contributed by atoms with E-state index in [1.807, 2.05) is 30.3 Å².